The van der Waals surface area contributed by atoms with Gasteiger partial charge in [0.2, 0.25) is 0 Å². The molecule has 1 aliphatic rings. The Labute approximate surface area is 202 Å². The predicted octanol–water partition coefficient (Wildman–Crippen LogP) is 7.46. The number of aryl methyl sites for hydroxylation is 4. The third-order valence-electron chi connectivity index (χ3n) is 7.39. The topological polar surface area (TPSA) is 59.3 Å². The van der Waals surface area contributed by atoms with Crippen molar-refractivity contribution in [3.8, 4) is 0 Å². The highest BCUT2D eigenvalue weighted by Gasteiger charge is 2.32. The number of rotatable bonds is 3. The first-order valence-electron chi connectivity index (χ1n) is 12.0. The largest absolute Gasteiger partial charge is 0.460 e. The van der Waals surface area contributed by atoms with Crippen molar-refractivity contribution < 1.29 is 12.8 Å². The van der Waals surface area contributed by atoms with E-state index >= 15 is 0 Å². The molecular formula is C29H33NO3S. The first kappa shape index (κ1) is 23.0. The Balaban J connectivity index is 1.69. The van der Waals surface area contributed by atoms with Gasteiger partial charge in [0.15, 0.2) is 0 Å². The smallest absolute Gasteiger partial charge is 0.262 e. The summed E-state index contributed by atoms with van der Waals surface area (Å²) in [5.41, 5.74) is 5.47. The van der Waals surface area contributed by atoms with Gasteiger partial charge in [0.25, 0.3) is 10.0 Å². The van der Waals surface area contributed by atoms with Crippen LogP contribution in [0.2, 0.25) is 0 Å². The van der Waals surface area contributed by atoms with E-state index in [9.17, 15) is 8.42 Å². The standard InChI is InChI=1S/C29H33NO3S/c1-17-13-18(2)28(19(3)14-17)34(31,32)30-25-16-24-23-15-20(29(4,5)6)11-12-26(23)33-27(24)22-10-8-7-9-21(22)25/h7-10,13-14,16,20,30H,11-12,15H2,1-6H3/t20-/m0/s1. The maximum atomic E-state index is 13.6. The molecule has 1 N–H and O–H groups in total. The maximum absolute atomic E-state index is 13.6. The molecular weight excluding hydrogens is 442 g/mol. The fraction of sp³-hybridized carbons (Fsp3) is 0.379. The van der Waals surface area contributed by atoms with Crippen molar-refractivity contribution in [2.45, 2.75) is 65.7 Å². The molecule has 1 aromatic heterocycles. The van der Waals surface area contributed by atoms with Gasteiger partial charge in [0.1, 0.15) is 11.3 Å². The van der Waals surface area contributed by atoms with Crippen molar-refractivity contribution in [2.24, 2.45) is 11.3 Å². The lowest BCUT2D eigenvalue weighted by Crippen LogP contribution is -2.26. The molecule has 0 unspecified atom stereocenters. The number of nitrogens with one attached hydrogen (secondary N) is 1. The van der Waals surface area contributed by atoms with E-state index in [1.165, 1.54) is 5.56 Å². The Bertz CT molecular complexity index is 1510. The Morgan fingerprint density at radius 2 is 1.59 bits per heavy atom. The Morgan fingerprint density at radius 3 is 2.24 bits per heavy atom. The second-order valence-electron chi connectivity index (χ2n) is 11.0. The number of furan rings is 1. The van der Waals surface area contributed by atoms with Crippen molar-refractivity contribution in [1.29, 1.82) is 0 Å². The fourth-order valence-electron chi connectivity index (χ4n) is 5.71. The molecule has 5 heteroatoms. The highest BCUT2D eigenvalue weighted by molar-refractivity contribution is 7.92. The minimum Gasteiger partial charge on any atom is -0.460 e. The SMILES string of the molecule is Cc1cc(C)c(S(=O)(=O)Nc2cc3c4c(oc3c3ccccc23)CC[C@H](C(C)(C)C)C4)c(C)c1. The molecule has 1 atom stereocenters. The Morgan fingerprint density at radius 1 is 0.941 bits per heavy atom. The van der Waals surface area contributed by atoms with E-state index < -0.39 is 10.0 Å². The molecule has 0 radical (unpaired) electrons. The summed E-state index contributed by atoms with van der Waals surface area (Å²) in [4.78, 5) is 0.351. The quantitative estimate of drug-likeness (QED) is 0.334. The van der Waals surface area contributed by atoms with Gasteiger partial charge in [-0.3, -0.25) is 4.72 Å². The molecule has 0 saturated heterocycles. The molecule has 0 fully saturated rings. The third kappa shape index (κ3) is 3.80. The predicted molar refractivity (Wildman–Crippen MR) is 140 cm³/mol. The van der Waals surface area contributed by atoms with Gasteiger partial charge >= 0.3 is 0 Å². The lowest BCUT2D eigenvalue weighted by Gasteiger charge is -2.33. The van der Waals surface area contributed by atoms with E-state index in [-0.39, 0.29) is 5.41 Å². The van der Waals surface area contributed by atoms with Gasteiger partial charge in [-0.15, -0.1) is 0 Å². The first-order chi connectivity index (χ1) is 16.0. The van der Waals surface area contributed by atoms with Gasteiger partial charge in [-0.1, -0.05) is 62.7 Å². The molecule has 5 rings (SSSR count). The molecule has 1 heterocycles. The molecule has 3 aromatic carbocycles. The van der Waals surface area contributed by atoms with Gasteiger partial charge in [-0.2, -0.15) is 0 Å². The molecule has 178 valence electrons. The van der Waals surface area contributed by atoms with Gasteiger partial charge in [-0.05, 0) is 62.1 Å². The molecule has 0 spiro atoms. The van der Waals surface area contributed by atoms with Crippen LogP contribution in [-0.2, 0) is 22.9 Å². The summed E-state index contributed by atoms with van der Waals surface area (Å²) >= 11 is 0. The van der Waals surface area contributed by atoms with E-state index in [2.05, 4.69) is 25.5 Å². The van der Waals surface area contributed by atoms with E-state index in [0.29, 0.717) is 16.5 Å². The zero-order valence-electron chi connectivity index (χ0n) is 20.9. The summed E-state index contributed by atoms with van der Waals surface area (Å²) in [6.07, 6.45) is 2.98. The van der Waals surface area contributed by atoms with E-state index in [1.54, 1.807) is 0 Å². The molecule has 4 aromatic rings. The number of hydrogen-bond acceptors (Lipinski definition) is 3. The Kier molecular flexibility index (Phi) is 5.32. The maximum Gasteiger partial charge on any atom is 0.262 e. The summed E-state index contributed by atoms with van der Waals surface area (Å²) in [7, 11) is -3.77. The summed E-state index contributed by atoms with van der Waals surface area (Å²) in [5, 5.41) is 2.81. The normalized spacial score (nSPS) is 16.7. The fourth-order valence-corrected chi connectivity index (χ4v) is 7.23. The van der Waals surface area contributed by atoms with Gasteiger partial charge in [-0.25, -0.2) is 8.42 Å². The highest BCUT2D eigenvalue weighted by atomic mass is 32.2. The number of anilines is 1. The van der Waals surface area contributed by atoms with Crippen LogP contribution < -0.4 is 4.72 Å². The van der Waals surface area contributed by atoms with E-state index in [1.807, 2.05) is 63.2 Å². The van der Waals surface area contributed by atoms with E-state index in [4.69, 9.17) is 4.42 Å². The minimum absolute atomic E-state index is 0.211. The first-order valence-corrected chi connectivity index (χ1v) is 13.5. The highest BCUT2D eigenvalue weighted by Crippen LogP contribution is 2.44. The van der Waals surface area contributed by atoms with Gasteiger partial charge in [0.05, 0.1) is 10.6 Å². The van der Waals surface area contributed by atoms with Crippen LogP contribution in [0.25, 0.3) is 21.7 Å². The molecule has 4 nitrogen and oxygen atoms in total. The number of hydrogen-bond donors (Lipinski definition) is 1. The van der Waals surface area contributed by atoms with Crippen LogP contribution in [0.4, 0.5) is 5.69 Å². The van der Waals surface area contributed by atoms with Crippen LogP contribution >= 0.6 is 0 Å². The van der Waals surface area contributed by atoms with Crippen molar-refractivity contribution >= 4 is 37.5 Å². The van der Waals surface area contributed by atoms with Crippen molar-refractivity contribution in [1.82, 2.24) is 0 Å². The van der Waals surface area contributed by atoms with Crippen LogP contribution in [0.3, 0.4) is 0 Å². The number of benzene rings is 3. The molecule has 1 aliphatic carbocycles. The number of sulfonamides is 1. The zero-order chi connectivity index (χ0) is 24.4. The molecule has 0 aliphatic heterocycles. The van der Waals surface area contributed by atoms with E-state index in [0.717, 1.165) is 63.5 Å². The second-order valence-corrected chi connectivity index (χ2v) is 12.6. The Hall–Kier alpha value is -2.79. The van der Waals surface area contributed by atoms with Crippen molar-refractivity contribution in [3.05, 3.63) is 70.5 Å². The minimum atomic E-state index is -3.77. The lowest BCUT2D eigenvalue weighted by atomic mass is 9.71. The second kappa shape index (κ2) is 7.88. The number of fused-ring (bicyclic) bond motifs is 5. The van der Waals surface area contributed by atoms with Crippen LogP contribution in [0.15, 0.2) is 51.8 Å². The summed E-state index contributed by atoms with van der Waals surface area (Å²) < 4.78 is 36.6. The van der Waals surface area contributed by atoms with Gasteiger partial charge in [0, 0.05) is 28.1 Å². The molecule has 0 saturated carbocycles. The third-order valence-corrected chi connectivity index (χ3v) is 9.07. The molecule has 34 heavy (non-hydrogen) atoms. The molecule has 0 bridgehead atoms. The summed E-state index contributed by atoms with van der Waals surface area (Å²) in [5.74, 6) is 1.61. The van der Waals surface area contributed by atoms with Crippen LogP contribution in [0.5, 0.6) is 0 Å². The average Bonchev–Trinajstić information content (AvgIpc) is 3.10. The molecule has 0 amide bonds. The summed E-state index contributed by atoms with van der Waals surface area (Å²) in [6.45, 7) is 12.6. The van der Waals surface area contributed by atoms with Crippen molar-refractivity contribution in [3.63, 3.8) is 0 Å². The van der Waals surface area contributed by atoms with Crippen LogP contribution in [0.1, 0.15) is 55.2 Å². The van der Waals surface area contributed by atoms with Gasteiger partial charge < -0.3 is 4.42 Å². The van der Waals surface area contributed by atoms with Crippen LogP contribution in [0, 0.1) is 32.1 Å². The zero-order valence-corrected chi connectivity index (χ0v) is 21.7. The lowest BCUT2D eigenvalue weighted by molar-refractivity contribution is 0.210. The monoisotopic (exact) mass is 475 g/mol. The van der Waals surface area contributed by atoms with Crippen LogP contribution in [-0.4, -0.2) is 8.42 Å². The summed E-state index contributed by atoms with van der Waals surface area (Å²) in [6, 6.07) is 13.7. The average molecular weight is 476 g/mol. The van der Waals surface area contributed by atoms with Crippen molar-refractivity contribution in [2.75, 3.05) is 4.72 Å².